The van der Waals surface area contributed by atoms with Crippen LogP contribution in [0.3, 0.4) is 0 Å². The van der Waals surface area contributed by atoms with Crippen molar-refractivity contribution in [3.05, 3.63) is 34.0 Å². The molecule has 1 aliphatic carbocycles. The summed E-state index contributed by atoms with van der Waals surface area (Å²) < 4.78 is 7.97. The van der Waals surface area contributed by atoms with Crippen LogP contribution >= 0.6 is 11.3 Å². The molecule has 29 heavy (non-hydrogen) atoms. The van der Waals surface area contributed by atoms with Crippen molar-refractivity contribution < 1.29 is 4.74 Å². The van der Waals surface area contributed by atoms with Gasteiger partial charge in [0.05, 0.1) is 12.2 Å². The third kappa shape index (κ3) is 6.82. The lowest BCUT2D eigenvalue weighted by Gasteiger charge is -2.31. The fourth-order valence-corrected chi connectivity index (χ4v) is 4.28. The van der Waals surface area contributed by atoms with Gasteiger partial charge in [-0.05, 0) is 64.3 Å². The topological polar surface area (TPSA) is 76.4 Å². The Morgan fingerprint density at radius 3 is 2.72 bits per heavy atom. The average molecular weight is 419 g/mol. The second kappa shape index (κ2) is 10.7. The van der Waals surface area contributed by atoms with E-state index in [0.717, 1.165) is 56.3 Å². The second-order valence-corrected chi connectivity index (χ2v) is 8.98. The molecule has 0 saturated heterocycles. The molecule has 0 unspecified atom stereocenters. The van der Waals surface area contributed by atoms with E-state index in [1.807, 2.05) is 18.5 Å². The lowest BCUT2D eigenvalue weighted by molar-refractivity contribution is -0.0152. The van der Waals surface area contributed by atoms with Crippen LogP contribution in [0.1, 0.15) is 56.1 Å². The first-order valence-corrected chi connectivity index (χ1v) is 11.5. The summed E-state index contributed by atoms with van der Waals surface area (Å²) in [5, 5.41) is 17.6. The molecule has 7 nitrogen and oxygen atoms in total. The number of rotatable bonds is 8. The van der Waals surface area contributed by atoms with Crippen molar-refractivity contribution in [2.24, 2.45) is 12.0 Å². The number of aromatic nitrogens is 3. The van der Waals surface area contributed by atoms with E-state index in [2.05, 4.69) is 52.2 Å². The van der Waals surface area contributed by atoms with E-state index in [4.69, 9.17) is 9.73 Å². The zero-order valence-corrected chi connectivity index (χ0v) is 18.8. The molecule has 0 spiro atoms. The standard InChI is InChI=1S/C21H34N6OS/c1-15(2)28-18-9-7-17(8-10-18)24-21(22-12-11-19-6-5-13-29-19)23-14-20-26-25-16(3)27(20)4/h5-6,13,15,17-18H,7-12,14H2,1-4H3,(H2,22,23,24). The third-order valence-electron chi connectivity index (χ3n) is 5.28. The Labute approximate surface area is 178 Å². The molecule has 3 rings (SSSR count). The van der Waals surface area contributed by atoms with Crippen LogP contribution in [-0.4, -0.2) is 45.5 Å². The van der Waals surface area contributed by atoms with Gasteiger partial charge >= 0.3 is 0 Å². The Kier molecular flexibility index (Phi) is 8.06. The van der Waals surface area contributed by atoms with Crippen molar-refractivity contribution in [2.45, 2.75) is 77.7 Å². The summed E-state index contributed by atoms with van der Waals surface area (Å²) in [4.78, 5) is 6.17. The van der Waals surface area contributed by atoms with Gasteiger partial charge in [0, 0.05) is 24.5 Å². The maximum atomic E-state index is 5.98. The lowest BCUT2D eigenvalue weighted by atomic mass is 9.93. The van der Waals surface area contributed by atoms with Crippen LogP contribution in [0.2, 0.25) is 0 Å². The largest absolute Gasteiger partial charge is 0.376 e. The van der Waals surface area contributed by atoms with E-state index in [-0.39, 0.29) is 0 Å². The number of aliphatic imine (C=N–C) groups is 1. The monoisotopic (exact) mass is 418 g/mol. The quantitative estimate of drug-likeness (QED) is 0.509. The van der Waals surface area contributed by atoms with Crippen molar-refractivity contribution in [1.82, 2.24) is 25.4 Å². The van der Waals surface area contributed by atoms with Crippen molar-refractivity contribution >= 4 is 17.3 Å². The molecule has 2 heterocycles. The van der Waals surface area contributed by atoms with Gasteiger partial charge < -0.3 is 19.9 Å². The van der Waals surface area contributed by atoms with Gasteiger partial charge in [-0.15, -0.1) is 21.5 Å². The Balaban J connectivity index is 1.56. The molecule has 2 aromatic rings. The molecule has 8 heteroatoms. The summed E-state index contributed by atoms with van der Waals surface area (Å²) in [5.41, 5.74) is 0. The molecule has 0 atom stereocenters. The molecular weight excluding hydrogens is 384 g/mol. The Hall–Kier alpha value is -1.93. The number of hydrogen-bond donors (Lipinski definition) is 2. The van der Waals surface area contributed by atoms with Crippen LogP contribution in [0.4, 0.5) is 0 Å². The molecule has 0 amide bonds. The van der Waals surface area contributed by atoms with Crippen LogP contribution in [0.5, 0.6) is 0 Å². The highest BCUT2D eigenvalue weighted by atomic mass is 32.1. The fraction of sp³-hybridized carbons (Fsp3) is 0.667. The van der Waals surface area contributed by atoms with Gasteiger partial charge in [-0.25, -0.2) is 4.99 Å². The van der Waals surface area contributed by atoms with Gasteiger partial charge in [0.15, 0.2) is 11.8 Å². The average Bonchev–Trinajstić information content (AvgIpc) is 3.32. The van der Waals surface area contributed by atoms with E-state index >= 15 is 0 Å². The van der Waals surface area contributed by atoms with Crippen LogP contribution in [0.15, 0.2) is 22.5 Å². The predicted molar refractivity (Wildman–Crippen MR) is 118 cm³/mol. The van der Waals surface area contributed by atoms with Crippen LogP contribution in [-0.2, 0) is 24.8 Å². The minimum absolute atomic E-state index is 0.301. The van der Waals surface area contributed by atoms with Crippen LogP contribution < -0.4 is 10.6 Å². The molecule has 1 fully saturated rings. The zero-order valence-electron chi connectivity index (χ0n) is 18.0. The Morgan fingerprint density at radius 1 is 1.31 bits per heavy atom. The number of nitrogens with zero attached hydrogens (tertiary/aromatic N) is 4. The summed E-state index contributed by atoms with van der Waals surface area (Å²) in [6.07, 6.45) is 6.09. The number of hydrogen-bond acceptors (Lipinski definition) is 5. The van der Waals surface area contributed by atoms with Gasteiger partial charge in [-0.2, -0.15) is 0 Å². The van der Waals surface area contributed by atoms with E-state index in [1.165, 1.54) is 4.88 Å². The SMILES string of the molecule is Cc1nnc(CN=C(NCCc2cccs2)NC2CCC(OC(C)C)CC2)n1C. The van der Waals surface area contributed by atoms with Crippen LogP contribution in [0.25, 0.3) is 0 Å². The molecule has 0 aromatic carbocycles. The normalized spacial score (nSPS) is 20.2. The van der Waals surface area contributed by atoms with Gasteiger partial charge in [0.1, 0.15) is 12.4 Å². The molecule has 2 aromatic heterocycles. The molecule has 160 valence electrons. The minimum Gasteiger partial charge on any atom is -0.376 e. The summed E-state index contributed by atoms with van der Waals surface area (Å²) in [6, 6.07) is 4.70. The summed E-state index contributed by atoms with van der Waals surface area (Å²) in [6.45, 7) is 7.55. The van der Waals surface area contributed by atoms with Crippen molar-refractivity contribution in [3.8, 4) is 0 Å². The zero-order chi connectivity index (χ0) is 20.6. The molecule has 1 saturated carbocycles. The van der Waals surface area contributed by atoms with Crippen molar-refractivity contribution in [3.63, 3.8) is 0 Å². The summed E-state index contributed by atoms with van der Waals surface area (Å²) in [5.74, 6) is 2.63. The number of ether oxygens (including phenoxy) is 1. The summed E-state index contributed by atoms with van der Waals surface area (Å²) >= 11 is 1.79. The molecule has 1 aliphatic rings. The number of thiophene rings is 1. The first-order valence-electron chi connectivity index (χ1n) is 10.6. The minimum atomic E-state index is 0.301. The smallest absolute Gasteiger partial charge is 0.191 e. The van der Waals surface area contributed by atoms with Crippen molar-refractivity contribution in [1.29, 1.82) is 0 Å². The van der Waals surface area contributed by atoms with Crippen molar-refractivity contribution in [2.75, 3.05) is 6.54 Å². The molecular formula is C21H34N6OS. The molecule has 0 bridgehead atoms. The predicted octanol–water partition coefficient (Wildman–Crippen LogP) is 3.20. The Morgan fingerprint density at radius 2 is 2.10 bits per heavy atom. The number of aryl methyl sites for hydroxylation is 1. The summed E-state index contributed by atoms with van der Waals surface area (Å²) in [7, 11) is 1.98. The number of guanidine groups is 1. The van der Waals surface area contributed by atoms with Crippen LogP contribution in [0, 0.1) is 6.92 Å². The fourth-order valence-electron chi connectivity index (χ4n) is 3.57. The molecule has 2 N–H and O–H groups in total. The lowest BCUT2D eigenvalue weighted by Crippen LogP contribution is -2.46. The van der Waals surface area contributed by atoms with E-state index in [0.29, 0.717) is 24.8 Å². The molecule has 0 aliphatic heterocycles. The maximum absolute atomic E-state index is 5.98. The number of nitrogens with one attached hydrogen (secondary N) is 2. The first-order chi connectivity index (χ1) is 14.0. The van der Waals surface area contributed by atoms with E-state index in [1.54, 1.807) is 11.3 Å². The highest BCUT2D eigenvalue weighted by Crippen LogP contribution is 2.22. The first kappa shape index (κ1) is 21.8. The second-order valence-electron chi connectivity index (χ2n) is 7.95. The van der Waals surface area contributed by atoms with Gasteiger partial charge in [-0.1, -0.05) is 6.07 Å². The third-order valence-corrected chi connectivity index (χ3v) is 6.22. The van der Waals surface area contributed by atoms with Gasteiger partial charge in [0.25, 0.3) is 0 Å². The maximum Gasteiger partial charge on any atom is 0.191 e. The Bertz CT molecular complexity index is 762. The van der Waals surface area contributed by atoms with E-state index in [9.17, 15) is 0 Å². The highest BCUT2D eigenvalue weighted by molar-refractivity contribution is 7.09. The van der Waals surface area contributed by atoms with Gasteiger partial charge in [0.2, 0.25) is 0 Å². The molecule has 0 radical (unpaired) electrons. The van der Waals surface area contributed by atoms with E-state index < -0.39 is 0 Å². The highest BCUT2D eigenvalue weighted by Gasteiger charge is 2.23. The van der Waals surface area contributed by atoms with Gasteiger partial charge in [-0.3, -0.25) is 0 Å².